The van der Waals surface area contributed by atoms with Crippen LogP contribution in [0.5, 0.6) is 0 Å². The molecule has 1 atom stereocenters. The Morgan fingerprint density at radius 1 is 1.73 bits per heavy atom. The van der Waals surface area contributed by atoms with Gasteiger partial charge in [-0.25, -0.2) is 4.68 Å². The van der Waals surface area contributed by atoms with E-state index in [2.05, 4.69) is 10.3 Å². The molecule has 1 aliphatic heterocycles. The number of nitrogens with zero attached hydrogens (tertiary/aromatic N) is 4. The minimum absolute atomic E-state index is 0.0941. The molecule has 2 heterocycles. The standard InChI is InChI=1S/C9H14N4O2/c1-7(15)12-3-2-9(5-12)13-4-8(6-14)10-11-13/h4,9,14H,2-3,5-6H2,1H3/t9-/m0/s1. The third-order valence-electron chi connectivity index (χ3n) is 2.70. The zero-order chi connectivity index (χ0) is 10.8. The van der Waals surface area contributed by atoms with Crippen molar-refractivity contribution in [2.24, 2.45) is 0 Å². The lowest BCUT2D eigenvalue weighted by molar-refractivity contribution is -0.127. The first kappa shape index (κ1) is 10.1. The Morgan fingerprint density at radius 3 is 3.07 bits per heavy atom. The van der Waals surface area contributed by atoms with Crippen LogP contribution in [0.3, 0.4) is 0 Å². The molecule has 0 radical (unpaired) electrons. The molecule has 6 nitrogen and oxygen atoms in total. The summed E-state index contributed by atoms with van der Waals surface area (Å²) in [4.78, 5) is 12.9. The minimum Gasteiger partial charge on any atom is -0.390 e. The van der Waals surface area contributed by atoms with Gasteiger partial charge in [0.2, 0.25) is 5.91 Å². The van der Waals surface area contributed by atoms with E-state index in [1.807, 2.05) is 0 Å². The summed E-state index contributed by atoms with van der Waals surface area (Å²) in [6.07, 6.45) is 2.63. The van der Waals surface area contributed by atoms with Gasteiger partial charge in [0, 0.05) is 20.0 Å². The fraction of sp³-hybridized carbons (Fsp3) is 0.667. The monoisotopic (exact) mass is 210 g/mol. The lowest BCUT2D eigenvalue weighted by Gasteiger charge is -2.13. The maximum atomic E-state index is 11.1. The minimum atomic E-state index is -0.0941. The summed E-state index contributed by atoms with van der Waals surface area (Å²) in [5.41, 5.74) is 0.566. The van der Waals surface area contributed by atoms with Gasteiger partial charge in [0.1, 0.15) is 5.69 Å². The summed E-state index contributed by atoms with van der Waals surface area (Å²) < 4.78 is 1.73. The summed E-state index contributed by atoms with van der Waals surface area (Å²) in [7, 11) is 0. The van der Waals surface area contributed by atoms with Crippen molar-refractivity contribution in [3.8, 4) is 0 Å². The number of rotatable bonds is 2. The van der Waals surface area contributed by atoms with E-state index in [9.17, 15) is 4.79 Å². The summed E-state index contributed by atoms with van der Waals surface area (Å²) in [5.74, 6) is 0.0972. The molecular formula is C9H14N4O2. The average Bonchev–Trinajstić information content (AvgIpc) is 2.86. The number of carbonyl (C=O) groups is 1. The molecule has 0 spiro atoms. The highest BCUT2D eigenvalue weighted by molar-refractivity contribution is 5.73. The molecule has 1 aromatic rings. The van der Waals surface area contributed by atoms with Crippen LogP contribution >= 0.6 is 0 Å². The van der Waals surface area contributed by atoms with Gasteiger partial charge in [-0.15, -0.1) is 5.10 Å². The van der Waals surface area contributed by atoms with E-state index in [-0.39, 0.29) is 18.6 Å². The number of carbonyl (C=O) groups excluding carboxylic acids is 1. The highest BCUT2D eigenvalue weighted by Crippen LogP contribution is 2.20. The first-order valence-corrected chi connectivity index (χ1v) is 4.98. The molecule has 2 rings (SSSR count). The van der Waals surface area contributed by atoms with Crippen molar-refractivity contribution >= 4 is 5.91 Å². The van der Waals surface area contributed by atoms with Crippen LogP contribution in [0.2, 0.25) is 0 Å². The number of aliphatic hydroxyl groups excluding tert-OH is 1. The SMILES string of the molecule is CC(=O)N1CC[C@H](n2cc(CO)nn2)C1. The Labute approximate surface area is 87.5 Å². The van der Waals surface area contributed by atoms with Crippen molar-refractivity contribution < 1.29 is 9.90 Å². The molecule has 0 bridgehead atoms. The van der Waals surface area contributed by atoms with Gasteiger partial charge in [-0.2, -0.15) is 0 Å². The van der Waals surface area contributed by atoms with Crippen LogP contribution in [0.1, 0.15) is 25.1 Å². The van der Waals surface area contributed by atoms with Gasteiger partial charge in [0.05, 0.1) is 18.8 Å². The van der Waals surface area contributed by atoms with E-state index in [0.29, 0.717) is 12.2 Å². The number of aromatic nitrogens is 3. The van der Waals surface area contributed by atoms with Crippen LogP contribution < -0.4 is 0 Å². The zero-order valence-corrected chi connectivity index (χ0v) is 8.63. The topological polar surface area (TPSA) is 71.2 Å². The summed E-state index contributed by atoms with van der Waals surface area (Å²) >= 11 is 0. The second kappa shape index (κ2) is 3.98. The smallest absolute Gasteiger partial charge is 0.219 e. The molecule has 15 heavy (non-hydrogen) atoms. The number of hydrogen-bond acceptors (Lipinski definition) is 4. The quantitative estimate of drug-likeness (QED) is 0.718. The van der Waals surface area contributed by atoms with Crippen molar-refractivity contribution in [2.45, 2.75) is 26.0 Å². The van der Waals surface area contributed by atoms with Crippen LogP contribution in [-0.2, 0) is 11.4 Å². The van der Waals surface area contributed by atoms with Crippen molar-refractivity contribution in [3.05, 3.63) is 11.9 Å². The van der Waals surface area contributed by atoms with E-state index >= 15 is 0 Å². The molecule has 0 aliphatic carbocycles. The molecule has 1 fully saturated rings. The largest absolute Gasteiger partial charge is 0.390 e. The Bertz CT molecular complexity index is 363. The lowest BCUT2D eigenvalue weighted by Crippen LogP contribution is -2.26. The molecular weight excluding hydrogens is 196 g/mol. The second-order valence-corrected chi connectivity index (χ2v) is 3.76. The summed E-state index contributed by atoms with van der Waals surface area (Å²) in [5, 5.41) is 16.6. The molecule has 1 aliphatic rings. The lowest BCUT2D eigenvalue weighted by atomic mass is 10.3. The molecule has 0 saturated carbocycles. The highest BCUT2D eigenvalue weighted by Gasteiger charge is 2.26. The molecule has 82 valence electrons. The van der Waals surface area contributed by atoms with Crippen molar-refractivity contribution in [3.63, 3.8) is 0 Å². The van der Waals surface area contributed by atoms with Gasteiger partial charge in [0.25, 0.3) is 0 Å². The third kappa shape index (κ3) is 1.99. The van der Waals surface area contributed by atoms with Crippen molar-refractivity contribution in [1.82, 2.24) is 19.9 Å². The predicted octanol–water partition coefficient (Wildman–Crippen LogP) is -0.436. The van der Waals surface area contributed by atoms with Crippen molar-refractivity contribution in [1.29, 1.82) is 0 Å². The summed E-state index contributed by atoms with van der Waals surface area (Å²) in [6, 6.07) is 0.196. The molecule has 6 heteroatoms. The fourth-order valence-corrected chi connectivity index (χ4v) is 1.81. The molecule has 1 N–H and O–H groups in total. The van der Waals surface area contributed by atoms with E-state index in [4.69, 9.17) is 5.11 Å². The Morgan fingerprint density at radius 2 is 2.53 bits per heavy atom. The number of amides is 1. The van der Waals surface area contributed by atoms with Crippen LogP contribution in [0.25, 0.3) is 0 Å². The second-order valence-electron chi connectivity index (χ2n) is 3.76. The first-order chi connectivity index (χ1) is 7.20. The van der Waals surface area contributed by atoms with E-state index < -0.39 is 0 Å². The number of likely N-dealkylation sites (tertiary alicyclic amines) is 1. The molecule has 0 unspecified atom stereocenters. The van der Waals surface area contributed by atoms with Gasteiger partial charge in [-0.05, 0) is 6.42 Å². The van der Waals surface area contributed by atoms with Crippen molar-refractivity contribution in [2.75, 3.05) is 13.1 Å². The zero-order valence-electron chi connectivity index (χ0n) is 8.63. The third-order valence-corrected chi connectivity index (χ3v) is 2.70. The van der Waals surface area contributed by atoms with E-state index in [0.717, 1.165) is 13.0 Å². The Balaban J connectivity index is 2.04. The molecule has 1 aromatic heterocycles. The molecule has 1 amide bonds. The van der Waals surface area contributed by atoms with Gasteiger partial charge in [0.15, 0.2) is 0 Å². The molecule has 0 aromatic carbocycles. The maximum Gasteiger partial charge on any atom is 0.219 e. The average molecular weight is 210 g/mol. The normalized spacial score (nSPS) is 20.9. The van der Waals surface area contributed by atoms with Crippen LogP contribution in [-0.4, -0.2) is 44.0 Å². The number of hydrogen-bond donors (Lipinski definition) is 1. The first-order valence-electron chi connectivity index (χ1n) is 4.98. The Hall–Kier alpha value is -1.43. The van der Waals surface area contributed by atoms with Crippen LogP contribution in [0.15, 0.2) is 6.20 Å². The van der Waals surface area contributed by atoms with E-state index in [1.54, 1.807) is 22.7 Å². The van der Waals surface area contributed by atoms with Crippen LogP contribution in [0, 0.1) is 0 Å². The Kier molecular flexibility index (Phi) is 2.68. The summed E-state index contributed by atoms with van der Waals surface area (Å²) in [6.45, 7) is 2.93. The van der Waals surface area contributed by atoms with Gasteiger partial charge in [-0.1, -0.05) is 5.21 Å². The van der Waals surface area contributed by atoms with E-state index in [1.165, 1.54) is 0 Å². The van der Waals surface area contributed by atoms with Crippen LogP contribution in [0.4, 0.5) is 0 Å². The highest BCUT2D eigenvalue weighted by atomic mass is 16.3. The maximum absolute atomic E-state index is 11.1. The molecule has 1 saturated heterocycles. The van der Waals surface area contributed by atoms with Gasteiger partial charge >= 0.3 is 0 Å². The van der Waals surface area contributed by atoms with Gasteiger partial charge in [-0.3, -0.25) is 4.79 Å². The predicted molar refractivity (Wildman–Crippen MR) is 51.9 cm³/mol. The fourth-order valence-electron chi connectivity index (χ4n) is 1.81. The number of aliphatic hydroxyl groups is 1. The van der Waals surface area contributed by atoms with Gasteiger partial charge < -0.3 is 10.0 Å².